The summed E-state index contributed by atoms with van der Waals surface area (Å²) in [5.74, 6) is -0.169. The van der Waals surface area contributed by atoms with Gasteiger partial charge in [0.2, 0.25) is 0 Å². The fourth-order valence-corrected chi connectivity index (χ4v) is 2.08. The molecule has 0 bridgehead atoms. The van der Waals surface area contributed by atoms with Gasteiger partial charge in [-0.3, -0.25) is 4.79 Å². The third-order valence-electron chi connectivity index (χ3n) is 3.14. The van der Waals surface area contributed by atoms with E-state index in [9.17, 15) is 9.90 Å². The molecule has 0 fully saturated rings. The Morgan fingerprint density at radius 3 is 2.60 bits per heavy atom. The minimum absolute atomic E-state index is 0.173. The first-order valence-electron chi connectivity index (χ1n) is 6.05. The first-order chi connectivity index (χ1) is 9.40. The molecule has 0 saturated carbocycles. The number of nitrogens with one attached hydrogen (secondary N) is 1. The summed E-state index contributed by atoms with van der Waals surface area (Å²) in [4.78, 5) is 12.2. The molecular weight excluding hydrogens is 276 g/mol. The molecule has 0 aliphatic carbocycles. The third-order valence-corrected chi connectivity index (χ3v) is 3.37. The van der Waals surface area contributed by atoms with E-state index in [1.807, 2.05) is 0 Å². The number of carbonyl (C=O) groups excluding carboxylic acids is 1. The van der Waals surface area contributed by atoms with E-state index in [0.717, 1.165) is 5.56 Å². The van der Waals surface area contributed by atoms with Gasteiger partial charge in [-0.25, -0.2) is 0 Å². The zero-order chi connectivity index (χ0) is 14.9. The van der Waals surface area contributed by atoms with Crippen LogP contribution in [0.15, 0.2) is 30.3 Å². The van der Waals surface area contributed by atoms with Crippen molar-refractivity contribution in [2.45, 2.75) is 13.8 Å². The Bertz CT molecular complexity index is 684. The Hall–Kier alpha value is -2.20. The molecule has 2 aromatic carbocycles. The summed E-state index contributed by atoms with van der Waals surface area (Å²) in [6.45, 7) is 3.54. The SMILES string of the molecule is Cc1ccc(NC(=O)c2ccc(Cl)cc2N)c(C)c1O. The number of rotatable bonds is 2. The van der Waals surface area contributed by atoms with Gasteiger partial charge >= 0.3 is 0 Å². The van der Waals surface area contributed by atoms with Crippen LogP contribution in [0.3, 0.4) is 0 Å². The highest BCUT2D eigenvalue weighted by Crippen LogP contribution is 2.29. The minimum Gasteiger partial charge on any atom is -0.507 e. The maximum atomic E-state index is 12.2. The van der Waals surface area contributed by atoms with E-state index < -0.39 is 0 Å². The van der Waals surface area contributed by atoms with E-state index in [1.165, 1.54) is 6.07 Å². The molecule has 2 aromatic rings. The van der Waals surface area contributed by atoms with Crippen molar-refractivity contribution in [2.75, 3.05) is 11.1 Å². The molecule has 0 aromatic heterocycles. The van der Waals surface area contributed by atoms with E-state index in [0.29, 0.717) is 27.5 Å². The summed E-state index contributed by atoms with van der Waals surface area (Å²) >= 11 is 5.80. The van der Waals surface area contributed by atoms with Crippen LogP contribution in [0.1, 0.15) is 21.5 Å². The highest BCUT2D eigenvalue weighted by atomic mass is 35.5. The first-order valence-corrected chi connectivity index (χ1v) is 6.43. The van der Waals surface area contributed by atoms with Crippen LogP contribution < -0.4 is 11.1 Å². The number of phenolic OH excluding ortho intramolecular Hbond substituents is 1. The molecule has 5 heteroatoms. The van der Waals surface area contributed by atoms with Gasteiger partial charge in [-0.15, -0.1) is 0 Å². The number of carbonyl (C=O) groups is 1. The molecule has 0 aliphatic heterocycles. The van der Waals surface area contributed by atoms with E-state index in [1.54, 1.807) is 38.1 Å². The number of nitrogens with two attached hydrogens (primary N) is 1. The molecule has 104 valence electrons. The van der Waals surface area contributed by atoms with Crippen molar-refractivity contribution >= 4 is 28.9 Å². The van der Waals surface area contributed by atoms with Crippen molar-refractivity contribution in [2.24, 2.45) is 0 Å². The van der Waals surface area contributed by atoms with Gasteiger partial charge in [0.05, 0.1) is 5.56 Å². The molecule has 0 radical (unpaired) electrons. The van der Waals surface area contributed by atoms with Gasteiger partial charge in [0, 0.05) is 22.0 Å². The number of aryl methyl sites for hydroxylation is 1. The van der Waals surface area contributed by atoms with Crippen LogP contribution in [0.5, 0.6) is 5.75 Å². The van der Waals surface area contributed by atoms with Crippen LogP contribution in [0.25, 0.3) is 0 Å². The Labute approximate surface area is 122 Å². The van der Waals surface area contributed by atoms with Crippen LogP contribution >= 0.6 is 11.6 Å². The lowest BCUT2D eigenvalue weighted by atomic mass is 10.1. The molecule has 0 heterocycles. The third kappa shape index (κ3) is 2.70. The lowest BCUT2D eigenvalue weighted by molar-refractivity contribution is 0.102. The summed E-state index contributed by atoms with van der Waals surface area (Å²) in [7, 11) is 0. The molecular formula is C15H15ClN2O2. The minimum atomic E-state index is -0.342. The molecule has 20 heavy (non-hydrogen) atoms. The normalized spacial score (nSPS) is 10.3. The number of hydrogen-bond acceptors (Lipinski definition) is 3. The van der Waals surface area contributed by atoms with Crippen LogP contribution in [0.4, 0.5) is 11.4 Å². The van der Waals surface area contributed by atoms with Crippen LogP contribution in [-0.2, 0) is 0 Å². The van der Waals surface area contributed by atoms with Gasteiger partial charge in [-0.1, -0.05) is 17.7 Å². The topological polar surface area (TPSA) is 75.4 Å². The van der Waals surface area contributed by atoms with Gasteiger partial charge < -0.3 is 16.2 Å². The summed E-state index contributed by atoms with van der Waals surface area (Å²) in [5, 5.41) is 13.1. The second-order valence-corrected chi connectivity index (χ2v) is 5.03. The van der Waals surface area contributed by atoms with Crippen molar-refractivity contribution in [3.8, 4) is 5.75 Å². The van der Waals surface area contributed by atoms with E-state index in [-0.39, 0.29) is 11.7 Å². The average molecular weight is 291 g/mol. The Kier molecular flexibility index (Phi) is 3.86. The second kappa shape index (κ2) is 5.43. The van der Waals surface area contributed by atoms with Crippen molar-refractivity contribution in [1.82, 2.24) is 0 Å². The second-order valence-electron chi connectivity index (χ2n) is 4.59. The fourth-order valence-electron chi connectivity index (χ4n) is 1.90. The van der Waals surface area contributed by atoms with E-state index >= 15 is 0 Å². The maximum absolute atomic E-state index is 12.2. The summed E-state index contributed by atoms with van der Waals surface area (Å²) < 4.78 is 0. The molecule has 2 rings (SSSR count). The maximum Gasteiger partial charge on any atom is 0.257 e. The predicted molar refractivity (Wildman–Crippen MR) is 81.4 cm³/mol. The quantitative estimate of drug-likeness (QED) is 0.741. The van der Waals surface area contributed by atoms with Gasteiger partial charge in [0.25, 0.3) is 5.91 Å². The lowest BCUT2D eigenvalue weighted by Gasteiger charge is -2.12. The van der Waals surface area contributed by atoms with E-state index in [2.05, 4.69) is 5.32 Å². The molecule has 4 nitrogen and oxygen atoms in total. The van der Waals surface area contributed by atoms with Gasteiger partial charge in [-0.2, -0.15) is 0 Å². The largest absolute Gasteiger partial charge is 0.507 e. The summed E-state index contributed by atoms with van der Waals surface area (Å²) in [5.41, 5.74) is 8.35. The lowest BCUT2D eigenvalue weighted by Crippen LogP contribution is -2.14. The molecule has 0 saturated heterocycles. The highest BCUT2D eigenvalue weighted by Gasteiger charge is 2.13. The number of amides is 1. The number of hydrogen-bond donors (Lipinski definition) is 3. The molecule has 0 atom stereocenters. The van der Waals surface area contributed by atoms with Crippen LogP contribution in [0, 0.1) is 13.8 Å². The Balaban J connectivity index is 2.30. The van der Waals surface area contributed by atoms with Crippen molar-refractivity contribution in [3.63, 3.8) is 0 Å². The first kappa shape index (κ1) is 14.2. The Morgan fingerprint density at radius 2 is 1.95 bits per heavy atom. The van der Waals surface area contributed by atoms with Crippen LogP contribution in [0.2, 0.25) is 5.02 Å². The number of phenols is 1. The molecule has 1 amide bonds. The summed E-state index contributed by atoms with van der Waals surface area (Å²) in [6, 6.07) is 8.18. The van der Waals surface area contributed by atoms with Gasteiger partial charge in [0.1, 0.15) is 5.75 Å². The highest BCUT2D eigenvalue weighted by molar-refractivity contribution is 6.31. The number of benzene rings is 2. The molecule has 4 N–H and O–H groups in total. The zero-order valence-corrected chi connectivity index (χ0v) is 12.0. The molecule has 0 unspecified atom stereocenters. The standard InChI is InChI=1S/C15H15ClN2O2/c1-8-3-6-13(9(2)14(8)19)18-15(20)11-5-4-10(16)7-12(11)17/h3-7,19H,17H2,1-2H3,(H,18,20). The van der Waals surface area contributed by atoms with Crippen molar-refractivity contribution in [3.05, 3.63) is 52.0 Å². The number of nitrogen functional groups attached to an aromatic ring is 1. The van der Waals surface area contributed by atoms with Crippen molar-refractivity contribution < 1.29 is 9.90 Å². The number of halogens is 1. The van der Waals surface area contributed by atoms with E-state index in [4.69, 9.17) is 17.3 Å². The fraction of sp³-hybridized carbons (Fsp3) is 0.133. The Morgan fingerprint density at radius 1 is 1.25 bits per heavy atom. The average Bonchev–Trinajstić information content (AvgIpc) is 2.39. The zero-order valence-electron chi connectivity index (χ0n) is 11.2. The summed E-state index contributed by atoms with van der Waals surface area (Å²) in [6.07, 6.45) is 0. The van der Waals surface area contributed by atoms with Crippen LogP contribution in [-0.4, -0.2) is 11.0 Å². The number of anilines is 2. The predicted octanol–water partition coefficient (Wildman–Crippen LogP) is 3.50. The van der Waals surface area contributed by atoms with Gasteiger partial charge in [0.15, 0.2) is 0 Å². The monoisotopic (exact) mass is 290 g/mol. The smallest absolute Gasteiger partial charge is 0.257 e. The van der Waals surface area contributed by atoms with Crippen molar-refractivity contribution in [1.29, 1.82) is 0 Å². The molecule has 0 spiro atoms. The molecule has 0 aliphatic rings. The number of aromatic hydroxyl groups is 1. The van der Waals surface area contributed by atoms with Gasteiger partial charge in [-0.05, 0) is 43.7 Å².